The molecule has 0 fully saturated rings. The second kappa shape index (κ2) is 4.14. The van der Waals surface area contributed by atoms with Crippen LogP contribution in [0.4, 0.5) is 0 Å². The van der Waals surface area contributed by atoms with Crippen molar-refractivity contribution in [2.75, 3.05) is 0 Å². The van der Waals surface area contributed by atoms with E-state index in [0.29, 0.717) is 0 Å². The van der Waals surface area contributed by atoms with E-state index in [4.69, 9.17) is 9.47 Å². The van der Waals surface area contributed by atoms with Gasteiger partial charge in [0.2, 0.25) is 0 Å². The molecule has 0 radical (unpaired) electrons. The van der Waals surface area contributed by atoms with Crippen LogP contribution in [-0.2, 0) is 20.7 Å². The van der Waals surface area contributed by atoms with Gasteiger partial charge in [0.25, 0.3) is 0 Å². The molecule has 25 heavy (non-hydrogen) atoms. The largest absolute Gasteiger partial charge is 0.353 e. The lowest BCUT2D eigenvalue weighted by atomic mass is 9.58. The number of ether oxygens (including phenoxy) is 2. The average Bonchev–Trinajstić information content (AvgIpc) is 3.41. The van der Waals surface area contributed by atoms with Crippen LogP contribution in [0.15, 0.2) is 72.8 Å². The first-order valence-corrected chi connectivity index (χ1v) is 9.02. The van der Waals surface area contributed by atoms with Crippen LogP contribution in [0.5, 0.6) is 0 Å². The van der Waals surface area contributed by atoms with Gasteiger partial charge in [0, 0.05) is 5.41 Å². The molecule has 0 aromatic heterocycles. The molecular formula is C23H20O2. The van der Waals surface area contributed by atoms with Gasteiger partial charge in [-0.3, -0.25) is 0 Å². The van der Waals surface area contributed by atoms with Gasteiger partial charge in [-0.15, -0.1) is 0 Å². The van der Waals surface area contributed by atoms with Gasteiger partial charge in [0.1, 0.15) is 23.4 Å². The van der Waals surface area contributed by atoms with Crippen LogP contribution in [0.1, 0.15) is 48.3 Å². The minimum Gasteiger partial charge on any atom is -0.353 e. The second-order valence-electron chi connectivity index (χ2n) is 8.07. The van der Waals surface area contributed by atoms with Gasteiger partial charge >= 0.3 is 0 Å². The summed E-state index contributed by atoms with van der Waals surface area (Å²) in [6.45, 7) is 4.58. The molecule has 0 aliphatic carbocycles. The fraction of sp³-hybridized carbons (Fsp3) is 0.304. The van der Waals surface area contributed by atoms with E-state index in [2.05, 4.69) is 86.7 Å². The molecule has 4 bridgehead atoms. The highest BCUT2D eigenvalue weighted by Crippen LogP contribution is 2.68. The average molecular weight is 328 g/mol. The molecule has 4 aliphatic rings. The maximum atomic E-state index is 6.64. The number of rotatable bonds is 2. The van der Waals surface area contributed by atoms with E-state index in [1.807, 2.05) is 0 Å². The molecule has 0 N–H and O–H groups in total. The van der Waals surface area contributed by atoms with Gasteiger partial charge in [-0.05, 0) is 34.4 Å². The predicted octanol–water partition coefficient (Wildman–Crippen LogP) is 5.09. The van der Waals surface area contributed by atoms with Crippen molar-refractivity contribution in [1.29, 1.82) is 0 Å². The molecule has 124 valence electrons. The first-order valence-electron chi connectivity index (χ1n) is 9.02. The zero-order valence-electron chi connectivity index (χ0n) is 14.4. The van der Waals surface area contributed by atoms with Crippen molar-refractivity contribution in [2.45, 2.75) is 37.3 Å². The van der Waals surface area contributed by atoms with E-state index in [-0.39, 0.29) is 17.6 Å². The predicted molar refractivity (Wildman–Crippen MR) is 96.0 cm³/mol. The zero-order valence-corrected chi connectivity index (χ0v) is 14.4. The van der Waals surface area contributed by atoms with Gasteiger partial charge in [-0.1, -0.05) is 74.5 Å². The highest BCUT2D eigenvalue weighted by molar-refractivity contribution is 5.55. The van der Waals surface area contributed by atoms with E-state index in [1.54, 1.807) is 0 Å². The summed E-state index contributed by atoms with van der Waals surface area (Å²) in [5, 5.41) is 0. The Kier molecular flexibility index (Phi) is 2.33. The Labute approximate surface area is 147 Å². The Bertz CT molecular complexity index is 892. The SMILES string of the molecule is CC(C)(C12C=CC(O1)c1ccccc12)[C@@]12C=C[C@@H](O1)c1ccccc12. The van der Waals surface area contributed by atoms with Crippen LogP contribution in [0.2, 0.25) is 0 Å². The van der Waals surface area contributed by atoms with E-state index in [1.165, 1.54) is 22.3 Å². The molecule has 0 saturated heterocycles. The molecule has 0 saturated carbocycles. The lowest BCUT2D eigenvalue weighted by molar-refractivity contribution is -0.181. The van der Waals surface area contributed by atoms with Crippen LogP contribution in [0.3, 0.4) is 0 Å². The first-order chi connectivity index (χ1) is 12.1. The molecule has 2 aromatic carbocycles. The van der Waals surface area contributed by atoms with Crippen molar-refractivity contribution in [3.63, 3.8) is 0 Å². The Morgan fingerprint density at radius 1 is 0.720 bits per heavy atom. The lowest BCUT2D eigenvalue weighted by Crippen LogP contribution is -2.52. The van der Waals surface area contributed by atoms with Crippen molar-refractivity contribution in [2.24, 2.45) is 5.41 Å². The maximum Gasteiger partial charge on any atom is 0.121 e. The summed E-state index contributed by atoms with van der Waals surface area (Å²) in [6.07, 6.45) is 9.06. The maximum absolute atomic E-state index is 6.64. The van der Waals surface area contributed by atoms with Gasteiger partial charge in [-0.2, -0.15) is 0 Å². The molecule has 0 spiro atoms. The monoisotopic (exact) mass is 328 g/mol. The summed E-state index contributed by atoms with van der Waals surface area (Å²) in [4.78, 5) is 0. The summed E-state index contributed by atoms with van der Waals surface area (Å²) >= 11 is 0. The zero-order chi connectivity index (χ0) is 16.9. The molecular weight excluding hydrogens is 308 g/mol. The van der Waals surface area contributed by atoms with Crippen molar-refractivity contribution in [3.05, 3.63) is 95.1 Å². The molecule has 4 atom stereocenters. The number of fused-ring (bicyclic) bond motifs is 10. The smallest absolute Gasteiger partial charge is 0.121 e. The van der Waals surface area contributed by atoms with Crippen LogP contribution in [0, 0.1) is 5.41 Å². The van der Waals surface area contributed by atoms with Crippen LogP contribution < -0.4 is 0 Å². The van der Waals surface area contributed by atoms with Crippen LogP contribution >= 0.6 is 0 Å². The Morgan fingerprint density at radius 2 is 1.16 bits per heavy atom. The van der Waals surface area contributed by atoms with Crippen molar-refractivity contribution >= 4 is 0 Å². The van der Waals surface area contributed by atoms with E-state index >= 15 is 0 Å². The molecule has 4 heterocycles. The Balaban J connectivity index is 1.60. The summed E-state index contributed by atoms with van der Waals surface area (Å²) in [5.41, 5.74) is 3.92. The van der Waals surface area contributed by atoms with Gasteiger partial charge in [0.05, 0.1) is 0 Å². The Hall–Kier alpha value is -2.16. The number of benzene rings is 2. The standard InChI is InChI=1S/C23H20O2/c1-21(2,22-13-11-19(24-22)15-7-3-5-9-17(15)22)23-14-12-20(25-23)16-8-4-6-10-18(16)23/h3-14,19-20H,1-2H3/t19-,20?,22+,23?/m1/s1. The molecule has 2 heteroatoms. The fourth-order valence-electron chi connectivity index (χ4n) is 5.47. The second-order valence-corrected chi connectivity index (χ2v) is 8.07. The molecule has 6 rings (SSSR count). The molecule has 4 aliphatic heterocycles. The molecule has 0 amide bonds. The van der Waals surface area contributed by atoms with Crippen LogP contribution in [0.25, 0.3) is 0 Å². The highest BCUT2D eigenvalue weighted by Gasteiger charge is 2.67. The van der Waals surface area contributed by atoms with Gasteiger partial charge in [-0.25, -0.2) is 0 Å². The van der Waals surface area contributed by atoms with Crippen LogP contribution in [-0.4, -0.2) is 0 Å². The Morgan fingerprint density at radius 3 is 1.64 bits per heavy atom. The van der Waals surface area contributed by atoms with Crippen molar-refractivity contribution in [1.82, 2.24) is 0 Å². The number of hydrogen-bond donors (Lipinski definition) is 0. The minimum atomic E-state index is -0.467. The van der Waals surface area contributed by atoms with Crippen molar-refractivity contribution in [3.8, 4) is 0 Å². The third-order valence-electron chi connectivity index (χ3n) is 6.83. The third-order valence-corrected chi connectivity index (χ3v) is 6.83. The fourth-order valence-corrected chi connectivity index (χ4v) is 5.47. The summed E-state index contributed by atoms with van der Waals surface area (Å²) in [5.74, 6) is 0. The quantitative estimate of drug-likeness (QED) is 0.715. The molecule has 2 aromatic rings. The first kappa shape index (κ1) is 14.1. The highest BCUT2D eigenvalue weighted by atomic mass is 16.5. The number of hydrogen-bond acceptors (Lipinski definition) is 2. The van der Waals surface area contributed by atoms with E-state index in [0.717, 1.165) is 0 Å². The van der Waals surface area contributed by atoms with E-state index in [9.17, 15) is 0 Å². The van der Waals surface area contributed by atoms with E-state index < -0.39 is 11.2 Å². The summed E-state index contributed by atoms with van der Waals surface area (Å²) in [7, 11) is 0. The van der Waals surface area contributed by atoms with Gasteiger partial charge < -0.3 is 9.47 Å². The topological polar surface area (TPSA) is 18.5 Å². The minimum absolute atomic E-state index is 0.0599. The normalized spacial score (nSPS) is 36.1. The molecule has 2 nitrogen and oxygen atoms in total. The van der Waals surface area contributed by atoms with Crippen molar-refractivity contribution < 1.29 is 9.47 Å². The summed E-state index contributed by atoms with van der Waals surface area (Å²) in [6, 6.07) is 17.2. The third kappa shape index (κ3) is 1.35. The summed E-state index contributed by atoms with van der Waals surface area (Å²) < 4.78 is 13.3. The van der Waals surface area contributed by atoms with Gasteiger partial charge in [0.15, 0.2) is 0 Å². The lowest BCUT2D eigenvalue weighted by Gasteiger charge is -2.50. The molecule has 2 unspecified atom stereocenters.